The number of nitrogens with two attached hydrogens (primary N) is 1. The molecule has 4 aliphatic carbocycles. The van der Waals surface area contributed by atoms with Gasteiger partial charge >= 0.3 is 0 Å². The highest BCUT2D eigenvalue weighted by molar-refractivity contribution is 5.45. The van der Waals surface area contributed by atoms with E-state index in [1.54, 1.807) is 0 Å². The molecule has 4 fully saturated rings. The molecule has 0 atom stereocenters. The van der Waals surface area contributed by atoms with Gasteiger partial charge in [0.2, 0.25) is 0 Å². The summed E-state index contributed by atoms with van der Waals surface area (Å²) in [5.74, 6) is 4.57. The van der Waals surface area contributed by atoms with Gasteiger partial charge in [0.05, 0.1) is 24.9 Å². The zero-order valence-electron chi connectivity index (χ0n) is 11.2. The van der Waals surface area contributed by atoms with Crippen LogP contribution in [0.1, 0.15) is 49.4 Å². The summed E-state index contributed by atoms with van der Waals surface area (Å²) < 4.78 is 7.64. The first kappa shape index (κ1) is 10.7. The maximum absolute atomic E-state index is 6.36. The monoisotopic (exact) mass is 259 g/mol. The number of aromatic nitrogens is 2. The van der Waals surface area contributed by atoms with E-state index in [0.717, 1.165) is 40.7 Å². The number of hydrogen-bond acceptors (Lipinski definition) is 3. The van der Waals surface area contributed by atoms with Gasteiger partial charge in [-0.05, 0) is 55.8 Å². The molecule has 4 nitrogen and oxygen atoms in total. The summed E-state index contributed by atoms with van der Waals surface area (Å²) in [6, 6.07) is 0.582. The number of fused-ring (bicyclic) bond motifs is 1. The van der Waals surface area contributed by atoms with Crippen molar-refractivity contribution in [3.8, 4) is 0 Å². The highest BCUT2D eigenvalue weighted by atomic mass is 16.5. The van der Waals surface area contributed by atoms with Crippen LogP contribution in [0.4, 0.5) is 5.82 Å². The predicted molar refractivity (Wildman–Crippen MR) is 71.2 cm³/mol. The van der Waals surface area contributed by atoms with Crippen LogP contribution >= 0.6 is 0 Å². The molecular weight excluding hydrogens is 238 g/mol. The van der Waals surface area contributed by atoms with Crippen molar-refractivity contribution < 1.29 is 4.74 Å². The quantitative estimate of drug-likeness (QED) is 0.843. The molecule has 1 aromatic rings. The molecule has 19 heavy (non-hydrogen) atoms. The Morgan fingerprint density at radius 1 is 1.00 bits per heavy atom. The maximum Gasteiger partial charge on any atom is 0.127 e. The van der Waals surface area contributed by atoms with Gasteiger partial charge in [0, 0.05) is 5.56 Å². The molecule has 0 spiro atoms. The number of ether oxygens (including phenoxy) is 1. The fourth-order valence-electron chi connectivity index (χ4n) is 5.58. The van der Waals surface area contributed by atoms with E-state index in [1.165, 1.54) is 32.1 Å². The standard InChI is InChI=1S/C15H21N3O/c16-15-12-6-19-7-13(12)17-18(15)14-10-2-8-1-9(4-10)5-11(14)3-8/h8-11,14H,1-7,16H2. The normalized spacial score (nSPS) is 42.8. The first-order chi connectivity index (χ1) is 9.29. The van der Waals surface area contributed by atoms with E-state index in [4.69, 9.17) is 15.6 Å². The lowest BCUT2D eigenvalue weighted by molar-refractivity contribution is -0.0333. The van der Waals surface area contributed by atoms with Crippen molar-refractivity contribution in [1.82, 2.24) is 9.78 Å². The molecule has 0 radical (unpaired) electrons. The van der Waals surface area contributed by atoms with E-state index >= 15 is 0 Å². The SMILES string of the molecule is Nc1c2c(nn1C1C3CC4CC(C3)CC1C4)COC2. The van der Waals surface area contributed by atoms with Crippen LogP contribution in [-0.2, 0) is 18.0 Å². The van der Waals surface area contributed by atoms with Gasteiger partial charge in [0.25, 0.3) is 0 Å². The summed E-state index contributed by atoms with van der Waals surface area (Å²) in [6.45, 7) is 1.31. The van der Waals surface area contributed by atoms with Gasteiger partial charge in [0.15, 0.2) is 0 Å². The third kappa shape index (κ3) is 1.36. The van der Waals surface area contributed by atoms with E-state index in [9.17, 15) is 0 Å². The molecule has 2 heterocycles. The summed E-state index contributed by atoms with van der Waals surface area (Å²) in [5.41, 5.74) is 8.61. The molecule has 4 saturated carbocycles. The number of rotatable bonds is 1. The van der Waals surface area contributed by atoms with Crippen molar-refractivity contribution >= 4 is 5.82 Å². The largest absolute Gasteiger partial charge is 0.384 e. The zero-order chi connectivity index (χ0) is 12.6. The molecular formula is C15H21N3O. The van der Waals surface area contributed by atoms with Crippen LogP contribution in [-0.4, -0.2) is 9.78 Å². The van der Waals surface area contributed by atoms with Gasteiger partial charge in [-0.3, -0.25) is 0 Å². The van der Waals surface area contributed by atoms with Crippen LogP contribution in [0.15, 0.2) is 0 Å². The fraction of sp³-hybridized carbons (Fsp3) is 0.800. The molecule has 0 amide bonds. The Bertz CT molecular complexity index is 508. The van der Waals surface area contributed by atoms with E-state index in [1.807, 2.05) is 0 Å². The van der Waals surface area contributed by atoms with Gasteiger partial charge in [-0.15, -0.1) is 0 Å². The minimum Gasteiger partial charge on any atom is -0.384 e. The van der Waals surface area contributed by atoms with Gasteiger partial charge in [-0.25, -0.2) is 4.68 Å². The fourth-order valence-corrected chi connectivity index (χ4v) is 5.58. The second-order valence-electron chi connectivity index (χ2n) is 7.17. The zero-order valence-corrected chi connectivity index (χ0v) is 11.2. The summed E-state index contributed by atoms with van der Waals surface area (Å²) in [6.07, 6.45) is 7.16. The minimum atomic E-state index is 0.582. The Morgan fingerprint density at radius 3 is 2.32 bits per heavy atom. The third-order valence-corrected chi connectivity index (χ3v) is 6.08. The first-order valence-corrected chi connectivity index (χ1v) is 7.73. The van der Waals surface area contributed by atoms with Crippen molar-refractivity contribution in [2.45, 2.75) is 51.4 Å². The Balaban J connectivity index is 1.56. The maximum atomic E-state index is 6.36. The molecule has 4 bridgehead atoms. The smallest absolute Gasteiger partial charge is 0.127 e. The molecule has 0 unspecified atom stereocenters. The summed E-state index contributed by atoms with van der Waals surface area (Å²) in [4.78, 5) is 0. The van der Waals surface area contributed by atoms with Crippen LogP contribution in [0.3, 0.4) is 0 Å². The second kappa shape index (κ2) is 3.54. The number of nitrogens with zero attached hydrogens (tertiary/aromatic N) is 2. The van der Waals surface area contributed by atoms with Crippen molar-refractivity contribution in [3.63, 3.8) is 0 Å². The average Bonchev–Trinajstić information content (AvgIpc) is 2.93. The highest BCUT2D eigenvalue weighted by Gasteiger charge is 2.50. The summed E-state index contributed by atoms with van der Waals surface area (Å²) in [5, 5.41) is 4.80. The second-order valence-corrected chi connectivity index (χ2v) is 7.17. The van der Waals surface area contributed by atoms with Gasteiger partial charge in [-0.1, -0.05) is 0 Å². The van der Waals surface area contributed by atoms with Crippen molar-refractivity contribution in [3.05, 3.63) is 11.3 Å². The van der Waals surface area contributed by atoms with Gasteiger partial charge in [0.1, 0.15) is 5.82 Å². The Hall–Kier alpha value is -1.03. The molecule has 5 aliphatic rings. The Morgan fingerprint density at radius 2 is 1.68 bits per heavy atom. The van der Waals surface area contributed by atoms with Crippen LogP contribution in [0.25, 0.3) is 0 Å². The van der Waals surface area contributed by atoms with Gasteiger partial charge < -0.3 is 10.5 Å². The molecule has 4 heteroatoms. The number of hydrogen-bond donors (Lipinski definition) is 1. The van der Waals surface area contributed by atoms with E-state index in [2.05, 4.69) is 4.68 Å². The molecule has 1 aromatic heterocycles. The van der Waals surface area contributed by atoms with Crippen LogP contribution in [0.2, 0.25) is 0 Å². The predicted octanol–water partition coefficient (Wildman–Crippen LogP) is 2.49. The van der Waals surface area contributed by atoms with Gasteiger partial charge in [-0.2, -0.15) is 5.10 Å². The average molecular weight is 259 g/mol. The topological polar surface area (TPSA) is 53.1 Å². The van der Waals surface area contributed by atoms with Crippen LogP contribution in [0, 0.1) is 23.7 Å². The molecule has 0 saturated heterocycles. The van der Waals surface area contributed by atoms with Crippen LogP contribution in [0.5, 0.6) is 0 Å². The Kier molecular flexibility index (Phi) is 2.00. The van der Waals surface area contributed by atoms with E-state index in [0.29, 0.717) is 19.3 Å². The van der Waals surface area contributed by atoms with Crippen molar-refractivity contribution in [1.29, 1.82) is 0 Å². The number of anilines is 1. The molecule has 6 rings (SSSR count). The summed E-state index contributed by atoms with van der Waals surface area (Å²) in [7, 11) is 0. The Labute approximate surface area is 113 Å². The lowest BCUT2D eigenvalue weighted by Gasteiger charge is -2.54. The lowest BCUT2D eigenvalue weighted by Crippen LogP contribution is -2.46. The highest BCUT2D eigenvalue weighted by Crippen LogP contribution is 2.58. The van der Waals surface area contributed by atoms with E-state index in [-0.39, 0.29) is 0 Å². The third-order valence-electron chi connectivity index (χ3n) is 6.08. The molecule has 1 aliphatic heterocycles. The van der Waals surface area contributed by atoms with Crippen molar-refractivity contribution in [2.75, 3.05) is 5.73 Å². The number of nitrogen functional groups attached to an aromatic ring is 1. The van der Waals surface area contributed by atoms with Crippen LogP contribution < -0.4 is 5.73 Å². The first-order valence-electron chi connectivity index (χ1n) is 7.73. The molecule has 2 N–H and O–H groups in total. The molecule has 0 aromatic carbocycles. The van der Waals surface area contributed by atoms with Crippen molar-refractivity contribution in [2.24, 2.45) is 23.7 Å². The molecule has 102 valence electrons. The lowest BCUT2D eigenvalue weighted by atomic mass is 9.54. The van der Waals surface area contributed by atoms with E-state index < -0.39 is 0 Å². The summed E-state index contributed by atoms with van der Waals surface area (Å²) >= 11 is 0. The minimum absolute atomic E-state index is 0.582.